The van der Waals surface area contributed by atoms with Gasteiger partial charge < -0.3 is 15.2 Å². The van der Waals surface area contributed by atoms with E-state index < -0.39 is 0 Å². The molecule has 13 heavy (non-hydrogen) atoms. The van der Waals surface area contributed by atoms with Gasteiger partial charge in [-0.15, -0.1) is 0 Å². The SMILES string of the molecule is C=C/C=C(/OC)OCCCC(N)=O. The summed E-state index contributed by atoms with van der Waals surface area (Å²) in [6.45, 7) is 3.91. The zero-order chi connectivity index (χ0) is 10.1. The van der Waals surface area contributed by atoms with Crippen molar-refractivity contribution in [1.82, 2.24) is 0 Å². The summed E-state index contributed by atoms with van der Waals surface area (Å²) in [6, 6.07) is 0. The number of rotatable bonds is 7. The standard InChI is InChI=1S/C9H15NO3/c1-3-5-9(12-2)13-7-4-6-8(10)11/h3,5H,1,4,6-7H2,2H3,(H2,10,11)/b9-5-. The number of amides is 1. The van der Waals surface area contributed by atoms with Crippen molar-refractivity contribution in [1.29, 1.82) is 0 Å². The number of allylic oxidation sites excluding steroid dienone is 2. The van der Waals surface area contributed by atoms with Crippen LogP contribution in [0.25, 0.3) is 0 Å². The van der Waals surface area contributed by atoms with Crippen molar-refractivity contribution in [3.8, 4) is 0 Å². The van der Waals surface area contributed by atoms with E-state index >= 15 is 0 Å². The van der Waals surface area contributed by atoms with Crippen LogP contribution in [0.5, 0.6) is 0 Å². The third kappa shape index (κ3) is 6.93. The second-order valence-corrected chi connectivity index (χ2v) is 2.34. The number of ether oxygens (including phenoxy) is 2. The molecule has 0 bridgehead atoms. The van der Waals surface area contributed by atoms with E-state index in [4.69, 9.17) is 15.2 Å². The molecule has 2 N–H and O–H groups in total. The fourth-order valence-electron chi connectivity index (χ4n) is 0.690. The molecule has 0 spiro atoms. The van der Waals surface area contributed by atoms with Crippen molar-refractivity contribution in [2.75, 3.05) is 13.7 Å². The Morgan fingerprint density at radius 2 is 2.31 bits per heavy atom. The number of primary amides is 1. The van der Waals surface area contributed by atoms with Crippen molar-refractivity contribution < 1.29 is 14.3 Å². The van der Waals surface area contributed by atoms with Crippen molar-refractivity contribution in [2.24, 2.45) is 5.73 Å². The molecular weight excluding hydrogens is 170 g/mol. The van der Waals surface area contributed by atoms with E-state index in [1.165, 1.54) is 7.11 Å². The van der Waals surface area contributed by atoms with Gasteiger partial charge in [-0.25, -0.2) is 0 Å². The Labute approximate surface area is 78.0 Å². The fourth-order valence-corrected chi connectivity index (χ4v) is 0.690. The molecule has 0 radical (unpaired) electrons. The highest BCUT2D eigenvalue weighted by Gasteiger charge is 1.97. The fraction of sp³-hybridized carbons (Fsp3) is 0.444. The van der Waals surface area contributed by atoms with Crippen molar-refractivity contribution in [2.45, 2.75) is 12.8 Å². The molecule has 0 unspecified atom stereocenters. The lowest BCUT2D eigenvalue weighted by molar-refractivity contribution is -0.118. The summed E-state index contributed by atoms with van der Waals surface area (Å²) >= 11 is 0. The molecule has 4 heteroatoms. The Morgan fingerprint density at radius 3 is 2.77 bits per heavy atom. The van der Waals surface area contributed by atoms with Crippen LogP contribution in [-0.4, -0.2) is 19.6 Å². The minimum atomic E-state index is -0.324. The van der Waals surface area contributed by atoms with Gasteiger partial charge >= 0.3 is 0 Å². The van der Waals surface area contributed by atoms with Crippen LogP contribution in [0, 0.1) is 0 Å². The summed E-state index contributed by atoms with van der Waals surface area (Å²) in [6.07, 6.45) is 4.08. The van der Waals surface area contributed by atoms with Crippen LogP contribution in [0.15, 0.2) is 24.7 Å². The van der Waals surface area contributed by atoms with Crippen LogP contribution >= 0.6 is 0 Å². The Kier molecular flexibility index (Phi) is 6.41. The van der Waals surface area contributed by atoms with Gasteiger partial charge in [0.2, 0.25) is 5.91 Å². The number of nitrogens with two attached hydrogens (primary N) is 1. The van der Waals surface area contributed by atoms with Gasteiger partial charge in [-0.1, -0.05) is 12.7 Å². The first-order valence-electron chi connectivity index (χ1n) is 3.98. The quantitative estimate of drug-likeness (QED) is 0.365. The van der Waals surface area contributed by atoms with Crippen molar-refractivity contribution >= 4 is 5.91 Å². The van der Waals surface area contributed by atoms with E-state index in [-0.39, 0.29) is 5.91 Å². The van der Waals surface area contributed by atoms with E-state index in [2.05, 4.69) is 6.58 Å². The first kappa shape index (κ1) is 11.6. The molecule has 0 atom stereocenters. The van der Waals surface area contributed by atoms with Gasteiger partial charge in [-0.2, -0.15) is 0 Å². The maximum absolute atomic E-state index is 10.3. The molecule has 0 aliphatic rings. The average Bonchev–Trinajstić information content (AvgIpc) is 2.10. The molecule has 0 saturated carbocycles. The van der Waals surface area contributed by atoms with Gasteiger partial charge in [0.1, 0.15) is 0 Å². The minimum Gasteiger partial charge on any atom is -0.469 e. The molecule has 0 heterocycles. The van der Waals surface area contributed by atoms with E-state index in [1.807, 2.05) is 0 Å². The van der Waals surface area contributed by atoms with E-state index in [0.717, 1.165) is 0 Å². The highest BCUT2D eigenvalue weighted by molar-refractivity contribution is 5.73. The summed E-state index contributed by atoms with van der Waals surface area (Å²) in [4.78, 5) is 10.3. The molecule has 4 nitrogen and oxygen atoms in total. The smallest absolute Gasteiger partial charge is 0.278 e. The van der Waals surface area contributed by atoms with Crippen LogP contribution in [0.4, 0.5) is 0 Å². The summed E-state index contributed by atoms with van der Waals surface area (Å²) in [7, 11) is 1.50. The zero-order valence-electron chi connectivity index (χ0n) is 7.79. The molecular formula is C9H15NO3. The van der Waals surface area contributed by atoms with Crippen LogP contribution in [0.2, 0.25) is 0 Å². The second kappa shape index (κ2) is 7.21. The molecule has 0 saturated heterocycles. The number of carbonyl (C=O) groups is 1. The lowest BCUT2D eigenvalue weighted by atomic mass is 10.3. The lowest BCUT2D eigenvalue weighted by Gasteiger charge is -2.06. The summed E-state index contributed by atoms with van der Waals surface area (Å²) in [5, 5.41) is 0. The third-order valence-corrected chi connectivity index (χ3v) is 1.27. The van der Waals surface area contributed by atoms with Crippen LogP contribution < -0.4 is 5.73 Å². The van der Waals surface area contributed by atoms with Gasteiger partial charge in [0, 0.05) is 12.5 Å². The third-order valence-electron chi connectivity index (χ3n) is 1.27. The van der Waals surface area contributed by atoms with Crippen LogP contribution in [0.1, 0.15) is 12.8 Å². The maximum Gasteiger partial charge on any atom is 0.278 e. The molecule has 74 valence electrons. The van der Waals surface area contributed by atoms with Gasteiger partial charge in [-0.05, 0) is 6.42 Å². The molecule has 0 aromatic rings. The Bertz CT molecular complexity index is 199. The highest BCUT2D eigenvalue weighted by Crippen LogP contribution is 2.00. The Morgan fingerprint density at radius 1 is 1.62 bits per heavy atom. The van der Waals surface area contributed by atoms with E-state index in [9.17, 15) is 4.79 Å². The molecule has 0 aromatic carbocycles. The van der Waals surface area contributed by atoms with Crippen LogP contribution in [-0.2, 0) is 14.3 Å². The second-order valence-electron chi connectivity index (χ2n) is 2.34. The van der Waals surface area contributed by atoms with Gasteiger partial charge in [0.25, 0.3) is 5.95 Å². The molecule has 0 aromatic heterocycles. The zero-order valence-corrected chi connectivity index (χ0v) is 7.79. The minimum absolute atomic E-state index is 0.324. The Hall–Kier alpha value is -1.45. The van der Waals surface area contributed by atoms with Gasteiger partial charge in [0.05, 0.1) is 13.7 Å². The molecule has 0 aliphatic carbocycles. The van der Waals surface area contributed by atoms with Crippen molar-refractivity contribution in [3.63, 3.8) is 0 Å². The van der Waals surface area contributed by atoms with Gasteiger partial charge in [0.15, 0.2) is 0 Å². The first-order chi connectivity index (χ1) is 6.20. The molecule has 0 fully saturated rings. The number of hydrogen-bond donors (Lipinski definition) is 1. The monoisotopic (exact) mass is 185 g/mol. The number of hydrogen-bond acceptors (Lipinski definition) is 3. The summed E-state index contributed by atoms with van der Waals surface area (Å²) in [5.41, 5.74) is 4.94. The average molecular weight is 185 g/mol. The molecule has 0 aliphatic heterocycles. The summed E-state index contributed by atoms with van der Waals surface area (Å²) in [5.74, 6) is 0.0646. The van der Waals surface area contributed by atoms with Crippen molar-refractivity contribution in [3.05, 3.63) is 24.7 Å². The van der Waals surface area contributed by atoms with Gasteiger partial charge in [-0.3, -0.25) is 4.79 Å². The number of carbonyl (C=O) groups excluding carboxylic acids is 1. The normalized spacial score (nSPS) is 10.7. The molecule has 1 amide bonds. The Balaban J connectivity index is 3.55. The first-order valence-corrected chi connectivity index (χ1v) is 3.98. The topological polar surface area (TPSA) is 61.6 Å². The largest absolute Gasteiger partial charge is 0.469 e. The van der Waals surface area contributed by atoms with Crippen LogP contribution in [0.3, 0.4) is 0 Å². The molecule has 0 rings (SSSR count). The number of methoxy groups -OCH3 is 1. The predicted molar refractivity (Wildman–Crippen MR) is 49.7 cm³/mol. The maximum atomic E-state index is 10.3. The van der Waals surface area contributed by atoms with E-state index in [1.54, 1.807) is 12.2 Å². The summed E-state index contributed by atoms with van der Waals surface area (Å²) < 4.78 is 9.99. The highest BCUT2D eigenvalue weighted by atomic mass is 16.7. The van der Waals surface area contributed by atoms with E-state index in [0.29, 0.717) is 25.4 Å². The lowest BCUT2D eigenvalue weighted by Crippen LogP contribution is -2.11. The predicted octanol–water partition coefficient (Wildman–Crippen LogP) is 0.942.